The number of piperidine rings is 1. The molecule has 4 rings (SSSR count). The summed E-state index contributed by atoms with van der Waals surface area (Å²) < 4.78 is 28.2. The summed E-state index contributed by atoms with van der Waals surface area (Å²) in [6.07, 6.45) is 4.48. The fraction of sp³-hybridized carbons (Fsp3) is 0.269. The van der Waals surface area contributed by atoms with Crippen LogP contribution in [0, 0.1) is 13.8 Å². The number of carbonyl (C=O) groups excluding carboxylic acids is 2. The number of hydrogen-bond donors (Lipinski definition) is 2. The molecule has 0 saturated carbocycles. The Balaban J connectivity index is 1.34. The average Bonchev–Trinajstić information content (AvgIpc) is 2.87. The van der Waals surface area contributed by atoms with Crippen LogP contribution in [-0.2, 0) is 10.0 Å². The van der Waals surface area contributed by atoms with E-state index in [2.05, 4.69) is 15.0 Å². The molecule has 1 aromatic heterocycles. The number of hydrogen-bond acceptors (Lipinski definition) is 5. The summed E-state index contributed by atoms with van der Waals surface area (Å²) in [5, 5.41) is 2.99. The molecule has 1 aliphatic heterocycles. The quantitative estimate of drug-likeness (QED) is 0.547. The second-order valence-electron chi connectivity index (χ2n) is 8.65. The first-order valence-electron chi connectivity index (χ1n) is 11.4. The Bertz CT molecular complexity index is 1320. The fourth-order valence-electron chi connectivity index (χ4n) is 4.02. The molecule has 182 valence electrons. The van der Waals surface area contributed by atoms with Crippen LogP contribution >= 0.6 is 0 Å². The van der Waals surface area contributed by atoms with Crippen LogP contribution in [0.2, 0.25) is 0 Å². The lowest BCUT2D eigenvalue weighted by Crippen LogP contribution is -2.46. The number of sulfonamides is 1. The molecule has 2 amide bonds. The van der Waals surface area contributed by atoms with E-state index in [1.54, 1.807) is 41.6 Å². The van der Waals surface area contributed by atoms with Gasteiger partial charge < -0.3 is 10.2 Å². The van der Waals surface area contributed by atoms with Gasteiger partial charge in [-0.25, -0.2) is 8.42 Å². The summed E-state index contributed by atoms with van der Waals surface area (Å²) in [6.45, 7) is 4.88. The molecule has 35 heavy (non-hydrogen) atoms. The van der Waals surface area contributed by atoms with Crippen LogP contribution in [0.3, 0.4) is 0 Å². The molecule has 2 aromatic carbocycles. The van der Waals surface area contributed by atoms with E-state index >= 15 is 0 Å². The normalized spacial score (nSPS) is 14.4. The zero-order chi connectivity index (χ0) is 25.0. The van der Waals surface area contributed by atoms with Crippen LogP contribution in [-0.4, -0.2) is 49.2 Å². The summed E-state index contributed by atoms with van der Waals surface area (Å²) >= 11 is 0. The molecule has 1 fully saturated rings. The van der Waals surface area contributed by atoms with Gasteiger partial charge in [-0.3, -0.25) is 19.3 Å². The van der Waals surface area contributed by atoms with Crippen molar-refractivity contribution in [1.29, 1.82) is 0 Å². The minimum Gasteiger partial charge on any atom is -0.349 e. The summed E-state index contributed by atoms with van der Waals surface area (Å²) in [7, 11) is -3.78. The maximum atomic E-state index is 12.8. The van der Waals surface area contributed by atoms with Crippen molar-refractivity contribution < 1.29 is 18.0 Å². The highest BCUT2D eigenvalue weighted by atomic mass is 32.2. The molecule has 1 saturated heterocycles. The topological polar surface area (TPSA) is 108 Å². The van der Waals surface area contributed by atoms with E-state index in [-0.39, 0.29) is 22.8 Å². The molecule has 9 heteroatoms. The van der Waals surface area contributed by atoms with Crippen LogP contribution < -0.4 is 10.0 Å². The Kier molecular flexibility index (Phi) is 7.16. The van der Waals surface area contributed by atoms with Gasteiger partial charge >= 0.3 is 0 Å². The predicted molar refractivity (Wildman–Crippen MR) is 134 cm³/mol. The first-order chi connectivity index (χ1) is 16.7. The zero-order valence-electron chi connectivity index (χ0n) is 19.7. The Hall–Kier alpha value is -3.72. The molecule has 2 N–H and O–H groups in total. The summed E-state index contributed by atoms with van der Waals surface area (Å²) in [4.78, 5) is 31.1. The molecule has 0 spiro atoms. The van der Waals surface area contributed by atoms with Crippen LogP contribution in [0.5, 0.6) is 0 Å². The van der Waals surface area contributed by atoms with Crippen molar-refractivity contribution in [2.24, 2.45) is 0 Å². The maximum Gasteiger partial charge on any atom is 0.261 e. The largest absolute Gasteiger partial charge is 0.349 e. The molecule has 0 radical (unpaired) electrons. The molecule has 1 aliphatic rings. The SMILES string of the molecule is Cc1cccc(NS(=O)(=O)c2ccc(C(=O)NC3CCN(C(=O)c4ccncc4)CC3)cc2)c1C. The Morgan fingerprint density at radius 3 is 2.23 bits per heavy atom. The number of pyridine rings is 1. The van der Waals surface area contributed by atoms with Gasteiger partial charge in [0.05, 0.1) is 10.6 Å². The molecular formula is C26H28N4O4S. The molecular weight excluding hydrogens is 464 g/mol. The third kappa shape index (κ3) is 5.68. The Morgan fingerprint density at radius 1 is 0.914 bits per heavy atom. The molecule has 3 aromatic rings. The van der Waals surface area contributed by atoms with Crippen LogP contribution in [0.15, 0.2) is 71.9 Å². The van der Waals surface area contributed by atoms with Gasteiger partial charge in [0.15, 0.2) is 0 Å². The van der Waals surface area contributed by atoms with E-state index in [1.807, 2.05) is 19.9 Å². The lowest BCUT2D eigenvalue weighted by Gasteiger charge is -2.32. The third-order valence-electron chi connectivity index (χ3n) is 6.32. The number of benzene rings is 2. The number of nitrogens with one attached hydrogen (secondary N) is 2. The van der Waals surface area contributed by atoms with Crippen LogP contribution in [0.25, 0.3) is 0 Å². The lowest BCUT2D eigenvalue weighted by atomic mass is 10.0. The molecule has 8 nitrogen and oxygen atoms in total. The first kappa shape index (κ1) is 24.4. The van der Waals surface area contributed by atoms with E-state index in [4.69, 9.17) is 0 Å². The summed E-state index contributed by atoms with van der Waals surface area (Å²) in [6, 6.07) is 14.6. The second-order valence-corrected chi connectivity index (χ2v) is 10.3. The van der Waals surface area contributed by atoms with Gasteiger partial charge in [0.25, 0.3) is 21.8 Å². The average molecular weight is 493 g/mol. The molecule has 0 aliphatic carbocycles. The van der Waals surface area contributed by atoms with E-state index < -0.39 is 10.0 Å². The van der Waals surface area contributed by atoms with Gasteiger partial charge in [0, 0.05) is 42.7 Å². The van der Waals surface area contributed by atoms with E-state index in [1.165, 1.54) is 24.3 Å². The number of likely N-dealkylation sites (tertiary alicyclic amines) is 1. The minimum absolute atomic E-state index is 0.0385. The van der Waals surface area contributed by atoms with Gasteiger partial charge in [-0.05, 0) is 80.3 Å². The number of aromatic nitrogens is 1. The van der Waals surface area contributed by atoms with Crippen molar-refractivity contribution in [2.45, 2.75) is 37.6 Å². The molecule has 0 atom stereocenters. The van der Waals surface area contributed by atoms with Crippen molar-refractivity contribution in [3.63, 3.8) is 0 Å². The number of amides is 2. The van der Waals surface area contributed by atoms with Gasteiger partial charge in [-0.15, -0.1) is 0 Å². The Labute approximate surface area is 205 Å². The minimum atomic E-state index is -3.78. The number of anilines is 1. The van der Waals surface area contributed by atoms with E-state index in [9.17, 15) is 18.0 Å². The highest BCUT2D eigenvalue weighted by molar-refractivity contribution is 7.92. The monoisotopic (exact) mass is 492 g/mol. The van der Waals surface area contributed by atoms with Gasteiger partial charge in [0.2, 0.25) is 0 Å². The number of nitrogens with zero attached hydrogens (tertiary/aromatic N) is 2. The van der Waals surface area contributed by atoms with Gasteiger partial charge in [-0.1, -0.05) is 12.1 Å². The molecule has 0 unspecified atom stereocenters. The van der Waals surface area contributed by atoms with Gasteiger partial charge in [-0.2, -0.15) is 0 Å². The summed E-state index contributed by atoms with van der Waals surface area (Å²) in [5.74, 6) is -0.307. The lowest BCUT2D eigenvalue weighted by molar-refractivity contribution is 0.0698. The molecule has 2 heterocycles. The van der Waals surface area contributed by atoms with Crippen molar-refractivity contribution in [1.82, 2.24) is 15.2 Å². The zero-order valence-corrected chi connectivity index (χ0v) is 20.5. The molecule has 0 bridgehead atoms. The Morgan fingerprint density at radius 2 is 1.57 bits per heavy atom. The van der Waals surface area contributed by atoms with Gasteiger partial charge in [0.1, 0.15) is 0 Å². The van der Waals surface area contributed by atoms with Crippen LogP contribution in [0.1, 0.15) is 44.7 Å². The van der Waals surface area contributed by atoms with E-state index in [0.717, 1.165) is 11.1 Å². The maximum absolute atomic E-state index is 12.8. The standard InChI is InChI=1S/C26H28N4O4S/c1-18-4-3-5-24(19(18)2)29-35(33,34)23-8-6-20(7-9-23)25(31)28-22-12-16-30(17-13-22)26(32)21-10-14-27-15-11-21/h3-11,14-15,22,29H,12-13,16-17H2,1-2H3,(H,28,31). The number of carbonyl (C=O) groups is 2. The fourth-order valence-corrected chi connectivity index (χ4v) is 5.15. The smallest absolute Gasteiger partial charge is 0.261 e. The number of aryl methyl sites for hydroxylation is 1. The highest BCUT2D eigenvalue weighted by Crippen LogP contribution is 2.22. The first-order valence-corrected chi connectivity index (χ1v) is 12.9. The highest BCUT2D eigenvalue weighted by Gasteiger charge is 2.25. The second kappa shape index (κ2) is 10.3. The van der Waals surface area contributed by atoms with Crippen molar-refractivity contribution >= 4 is 27.5 Å². The summed E-state index contributed by atoms with van der Waals surface area (Å²) in [5.41, 5.74) is 3.36. The van der Waals surface area contributed by atoms with Crippen molar-refractivity contribution in [2.75, 3.05) is 17.8 Å². The number of rotatable bonds is 6. The predicted octanol–water partition coefficient (Wildman–Crippen LogP) is 3.53. The van der Waals surface area contributed by atoms with E-state index in [0.29, 0.717) is 42.7 Å². The third-order valence-corrected chi connectivity index (χ3v) is 7.70. The van der Waals surface area contributed by atoms with Crippen LogP contribution in [0.4, 0.5) is 5.69 Å². The van der Waals surface area contributed by atoms with Crippen molar-refractivity contribution in [3.8, 4) is 0 Å². The van der Waals surface area contributed by atoms with Crippen molar-refractivity contribution in [3.05, 3.63) is 89.2 Å².